The first kappa shape index (κ1) is 11.1. The monoisotopic (exact) mass is 233 g/mol. The van der Waals surface area contributed by atoms with Crippen molar-refractivity contribution < 1.29 is 9.47 Å². The second-order valence-electron chi connectivity index (χ2n) is 5.18. The lowest BCUT2D eigenvalue weighted by Gasteiger charge is -2.39. The van der Waals surface area contributed by atoms with E-state index in [-0.39, 0.29) is 11.7 Å². The summed E-state index contributed by atoms with van der Waals surface area (Å²) in [6.07, 6.45) is 2.19. The smallest absolute Gasteiger partial charge is 0.126 e. The van der Waals surface area contributed by atoms with Crippen molar-refractivity contribution in [3.8, 4) is 5.75 Å². The molecule has 3 rings (SSSR count). The summed E-state index contributed by atoms with van der Waals surface area (Å²) < 4.78 is 11.9. The first-order valence-electron chi connectivity index (χ1n) is 6.25. The molecule has 0 bridgehead atoms. The van der Waals surface area contributed by atoms with Crippen LogP contribution >= 0.6 is 0 Å². The van der Waals surface area contributed by atoms with Crippen molar-refractivity contribution in [2.24, 2.45) is 0 Å². The average Bonchev–Trinajstić information content (AvgIpc) is 2.75. The molecule has 92 valence electrons. The van der Waals surface area contributed by atoms with Crippen LogP contribution < -0.4 is 10.1 Å². The highest BCUT2D eigenvalue weighted by Gasteiger charge is 2.43. The summed E-state index contributed by atoms with van der Waals surface area (Å²) in [5.74, 6) is 1.01. The van der Waals surface area contributed by atoms with Crippen LogP contribution in [-0.2, 0) is 4.74 Å². The number of hydrogen-bond donors (Lipinski definition) is 1. The number of ether oxygens (including phenoxy) is 2. The lowest BCUT2D eigenvalue weighted by atomic mass is 9.87. The lowest BCUT2D eigenvalue weighted by Crippen LogP contribution is -2.43. The van der Waals surface area contributed by atoms with E-state index in [1.54, 1.807) is 7.11 Å². The Balaban J connectivity index is 2.00. The summed E-state index contributed by atoms with van der Waals surface area (Å²) in [5.41, 5.74) is 2.37. The first-order chi connectivity index (χ1) is 8.22. The fourth-order valence-corrected chi connectivity index (χ4v) is 2.91. The summed E-state index contributed by atoms with van der Waals surface area (Å²) in [6, 6.07) is 6.38. The third-order valence-electron chi connectivity index (χ3n) is 3.89. The van der Waals surface area contributed by atoms with Gasteiger partial charge in [0.2, 0.25) is 0 Å². The molecule has 0 amide bonds. The van der Waals surface area contributed by atoms with Crippen LogP contribution in [0.1, 0.15) is 30.1 Å². The van der Waals surface area contributed by atoms with E-state index in [1.807, 2.05) is 0 Å². The minimum atomic E-state index is -0.0541. The Morgan fingerprint density at radius 3 is 3.06 bits per heavy atom. The average molecular weight is 233 g/mol. The molecule has 2 aliphatic heterocycles. The first-order valence-corrected chi connectivity index (χ1v) is 6.25. The second-order valence-corrected chi connectivity index (χ2v) is 5.18. The van der Waals surface area contributed by atoms with Gasteiger partial charge in [-0.05, 0) is 25.1 Å². The van der Waals surface area contributed by atoms with Crippen molar-refractivity contribution in [1.82, 2.24) is 5.32 Å². The second kappa shape index (κ2) is 4.00. The van der Waals surface area contributed by atoms with Crippen LogP contribution in [0.15, 0.2) is 18.2 Å². The van der Waals surface area contributed by atoms with E-state index in [0.29, 0.717) is 0 Å². The fraction of sp³-hybridized carbons (Fsp3) is 0.571. The highest BCUT2D eigenvalue weighted by molar-refractivity contribution is 5.41. The Morgan fingerprint density at radius 1 is 1.47 bits per heavy atom. The summed E-state index contributed by atoms with van der Waals surface area (Å²) in [7, 11) is 1.79. The number of fused-ring (bicyclic) bond motifs is 1. The highest BCUT2D eigenvalue weighted by Crippen LogP contribution is 2.43. The van der Waals surface area contributed by atoms with Gasteiger partial charge in [-0.2, -0.15) is 0 Å². The third kappa shape index (κ3) is 1.83. The van der Waals surface area contributed by atoms with Gasteiger partial charge in [-0.3, -0.25) is 0 Å². The van der Waals surface area contributed by atoms with Crippen LogP contribution in [0.25, 0.3) is 0 Å². The van der Waals surface area contributed by atoms with Crippen molar-refractivity contribution in [3.05, 3.63) is 29.3 Å². The van der Waals surface area contributed by atoms with Gasteiger partial charge < -0.3 is 14.8 Å². The predicted molar refractivity (Wildman–Crippen MR) is 66.4 cm³/mol. The molecule has 17 heavy (non-hydrogen) atoms. The maximum atomic E-state index is 6.25. The molecule has 2 heterocycles. The zero-order chi connectivity index (χ0) is 11.9. The zero-order valence-corrected chi connectivity index (χ0v) is 10.5. The van der Waals surface area contributed by atoms with E-state index in [1.165, 1.54) is 11.1 Å². The molecule has 0 aromatic heterocycles. The number of rotatable bonds is 1. The Kier molecular flexibility index (Phi) is 2.60. The van der Waals surface area contributed by atoms with Crippen LogP contribution in [0, 0.1) is 6.92 Å². The molecule has 1 spiro atoms. The molecule has 1 aromatic carbocycles. The maximum absolute atomic E-state index is 6.25. The van der Waals surface area contributed by atoms with Crippen molar-refractivity contribution in [2.75, 3.05) is 20.2 Å². The summed E-state index contributed by atoms with van der Waals surface area (Å²) in [6.45, 7) is 4.07. The van der Waals surface area contributed by atoms with Crippen molar-refractivity contribution >= 4 is 0 Å². The van der Waals surface area contributed by atoms with E-state index >= 15 is 0 Å². The molecular weight excluding hydrogens is 214 g/mol. The molecule has 1 saturated heterocycles. The molecule has 1 fully saturated rings. The molecule has 2 atom stereocenters. The lowest BCUT2D eigenvalue weighted by molar-refractivity contribution is -0.0203. The van der Waals surface area contributed by atoms with Crippen LogP contribution in [0.2, 0.25) is 0 Å². The number of nitrogens with one attached hydrogen (secondary N) is 1. The quantitative estimate of drug-likeness (QED) is 0.806. The van der Waals surface area contributed by atoms with Gasteiger partial charge in [-0.25, -0.2) is 0 Å². The standard InChI is InChI=1S/C14H19NO2/c1-10-3-4-11-12(7-10)17-14(5-6-15-9-14)8-13(11)16-2/h3-4,7,13,15H,5-6,8-9H2,1-2H3. The van der Waals surface area contributed by atoms with E-state index in [2.05, 4.69) is 30.4 Å². The van der Waals surface area contributed by atoms with Gasteiger partial charge >= 0.3 is 0 Å². The summed E-state index contributed by atoms with van der Waals surface area (Å²) >= 11 is 0. The molecule has 0 saturated carbocycles. The number of benzene rings is 1. The zero-order valence-electron chi connectivity index (χ0n) is 10.5. The Labute approximate surface area is 102 Å². The minimum absolute atomic E-state index is 0.0541. The molecular formula is C14H19NO2. The van der Waals surface area contributed by atoms with Gasteiger partial charge in [0.1, 0.15) is 11.4 Å². The molecule has 0 aliphatic carbocycles. The maximum Gasteiger partial charge on any atom is 0.126 e. The molecule has 0 radical (unpaired) electrons. The van der Waals surface area contributed by atoms with Crippen LogP contribution in [0.4, 0.5) is 0 Å². The van der Waals surface area contributed by atoms with Crippen LogP contribution in [0.3, 0.4) is 0 Å². The van der Waals surface area contributed by atoms with Crippen molar-refractivity contribution in [2.45, 2.75) is 31.5 Å². The van der Waals surface area contributed by atoms with Gasteiger partial charge in [0, 0.05) is 32.1 Å². The third-order valence-corrected chi connectivity index (χ3v) is 3.89. The Morgan fingerprint density at radius 2 is 2.35 bits per heavy atom. The fourth-order valence-electron chi connectivity index (χ4n) is 2.91. The molecule has 2 unspecified atom stereocenters. The largest absolute Gasteiger partial charge is 0.485 e. The molecule has 2 aliphatic rings. The van der Waals surface area contributed by atoms with Crippen molar-refractivity contribution in [1.29, 1.82) is 0 Å². The predicted octanol–water partition coefficient (Wildman–Crippen LogP) is 2.20. The van der Waals surface area contributed by atoms with E-state index in [9.17, 15) is 0 Å². The van der Waals surface area contributed by atoms with Gasteiger partial charge in [-0.15, -0.1) is 0 Å². The Hall–Kier alpha value is -1.06. The Bertz CT molecular complexity index is 424. The number of methoxy groups -OCH3 is 1. The van der Waals surface area contributed by atoms with E-state index in [0.717, 1.165) is 31.7 Å². The number of hydrogen-bond acceptors (Lipinski definition) is 3. The topological polar surface area (TPSA) is 30.5 Å². The van der Waals surface area contributed by atoms with Crippen LogP contribution in [-0.4, -0.2) is 25.8 Å². The van der Waals surface area contributed by atoms with Gasteiger partial charge in [-0.1, -0.05) is 12.1 Å². The van der Waals surface area contributed by atoms with E-state index in [4.69, 9.17) is 9.47 Å². The molecule has 3 nitrogen and oxygen atoms in total. The molecule has 1 aromatic rings. The normalized spacial score (nSPS) is 31.3. The van der Waals surface area contributed by atoms with Gasteiger partial charge in [0.15, 0.2) is 0 Å². The van der Waals surface area contributed by atoms with Crippen LogP contribution in [0.5, 0.6) is 5.75 Å². The number of aryl methyl sites for hydroxylation is 1. The molecule has 1 N–H and O–H groups in total. The highest BCUT2D eigenvalue weighted by atomic mass is 16.5. The van der Waals surface area contributed by atoms with Crippen molar-refractivity contribution in [3.63, 3.8) is 0 Å². The minimum Gasteiger partial charge on any atom is -0.485 e. The van der Waals surface area contributed by atoms with E-state index < -0.39 is 0 Å². The van der Waals surface area contributed by atoms with Gasteiger partial charge in [0.25, 0.3) is 0 Å². The summed E-state index contributed by atoms with van der Waals surface area (Å²) in [5, 5.41) is 3.39. The summed E-state index contributed by atoms with van der Waals surface area (Å²) in [4.78, 5) is 0. The SMILES string of the molecule is COC1CC2(CCNC2)Oc2cc(C)ccc21. The van der Waals surface area contributed by atoms with Gasteiger partial charge in [0.05, 0.1) is 6.10 Å². The molecule has 3 heteroatoms.